The molecule has 1 atom stereocenters. The molecule has 0 radical (unpaired) electrons. The van der Waals surface area contributed by atoms with Gasteiger partial charge < -0.3 is 10.0 Å². The molecule has 1 N–H and O–H groups in total. The topological polar surface area (TPSA) is 57.6 Å². The summed E-state index contributed by atoms with van der Waals surface area (Å²) >= 11 is 1.60. The first-order valence-electron chi connectivity index (χ1n) is 5.93. The van der Waals surface area contributed by atoms with E-state index in [4.69, 9.17) is 5.11 Å². The monoisotopic (exact) mass is 267 g/mol. The van der Waals surface area contributed by atoms with Crippen molar-refractivity contribution >= 4 is 23.2 Å². The van der Waals surface area contributed by atoms with Crippen LogP contribution in [0.1, 0.15) is 33.5 Å². The number of hydrogen-bond acceptors (Lipinski definition) is 3. The summed E-state index contributed by atoms with van der Waals surface area (Å²) in [5, 5.41) is 9.17. The van der Waals surface area contributed by atoms with E-state index in [-0.39, 0.29) is 5.91 Å². The van der Waals surface area contributed by atoms with E-state index in [9.17, 15) is 9.59 Å². The molecule has 0 unspecified atom stereocenters. The highest BCUT2D eigenvalue weighted by molar-refractivity contribution is 7.12. The molecule has 0 aromatic carbocycles. The van der Waals surface area contributed by atoms with E-state index in [1.54, 1.807) is 23.2 Å². The number of aliphatic carboxylic acids is 1. The first-order valence-corrected chi connectivity index (χ1v) is 6.75. The molecule has 1 aromatic rings. The van der Waals surface area contributed by atoms with Crippen LogP contribution in [0, 0.1) is 19.3 Å². The first-order chi connectivity index (χ1) is 8.33. The second kappa shape index (κ2) is 4.39. The molecule has 5 heteroatoms. The van der Waals surface area contributed by atoms with Gasteiger partial charge >= 0.3 is 5.97 Å². The van der Waals surface area contributed by atoms with Gasteiger partial charge in [0.25, 0.3) is 5.91 Å². The molecule has 1 aliphatic heterocycles. The minimum Gasteiger partial charge on any atom is -0.481 e. The molecular formula is C13H17NO3S. The zero-order chi connectivity index (χ0) is 13.5. The second-order valence-corrected chi connectivity index (χ2v) is 6.63. The smallest absolute Gasteiger partial charge is 0.311 e. The van der Waals surface area contributed by atoms with E-state index >= 15 is 0 Å². The second-order valence-electron chi connectivity index (χ2n) is 5.17. The van der Waals surface area contributed by atoms with Crippen LogP contribution in [0.15, 0.2) is 6.07 Å². The quantitative estimate of drug-likeness (QED) is 0.894. The van der Waals surface area contributed by atoms with Crippen molar-refractivity contribution in [2.24, 2.45) is 5.41 Å². The summed E-state index contributed by atoms with van der Waals surface area (Å²) in [7, 11) is 0. The largest absolute Gasteiger partial charge is 0.481 e. The number of amides is 1. The lowest BCUT2D eigenvalue weighted by molar-refractivity contribution is -0.147. The fourth-order valence-corrected chi connectivity index (χ4v) is 3.24. The van der Waals surface area contributed by atoms with Crippen molar-refractivity contribution in [3.63, 3.8) is 0 Å². The van der Waals surface area contributed by atoms with Crippen LogP contribution in [0.4, 0.5) is 0 Å². The van der Waals surface area contributed by atoms with Crippen LogP contribution in [0.25, 0.3) is 0 Å². The first kappa shape index (κ1) is 13.1. The van der Waals surface area contributed by atoms with Gasteiger partial charge in [-0.15, -0.1) is 11.3 Å². The number of nitrogens with zero attached hydrogens (tertiary/aromatic N) is 1. The Bertz CT molecular complexity index is 508. The van der Waals surface area contributed by atoms with Gasteiger partial charge in [-0.3, -0.25) is 9.59 Å². The number of carbonyl (C=O) groups excluding carboxylic acids is 1. The predicted octanol–water partition coefficient (Wildman–Crippen LogP) is 2.30. The molecule has 1 fully saturated rings. The van der Waals surface area contributed by atoms with Gasteiger partial charge in [0.05, 0.1) is 11.0 Å². The Morgan fingerprint density at radius 3 is 2.56 bits per heavy atom. The summed E-state index contributed by atoms with van der Waals surface area (Å²) in [6.07, 6.45) is 0.524. The number of likely N-dealkylation sites (tertiary alicyclic amines) is 1. The zero-order valence-corrected chi connectivity index (χ0v) is 11.6. The van der Waals surface area contributed by atoms with Crippen LogP contribution in [-0.2, 0) is 4.79 Å². The lowest BCUT2D eigenvalue weighted by atomic mass is 9.90. The maximum Gasteiger partial charge on any atom is 0.311 e. The Balaban J connectivity index is 2.18. The molecule has 2 heterocycles. The van der Waals surface area contributed by atoms with E-state index in [0.29, 0.717) is 25.1 Å². The lowest BCUT2D eigenvalue weighted by Crippen LogP contribution is -2.34. The van der Waals surface area contributed by atoms with Crippen molar-refractivity contribution < 1.29 is 14.7 Å². The van der Waals surface area contributed by atoms with Crippen molar-refractivity contribution in [3.8, 4) is 0 Å². The number of aryl methyl sites for hydroxylation is 2. The molecule has 98 valence electrons. The molecule has 1 amide bonds. The summed E-state index contributed by atoms with van der Waals surface area (Å²) in [4.78, 5) is 27.3. The molecule has 0 bridgehead atoms. The fourth-order valence-electron chi connectivity index (χ4n) is 2.32. The summed E-state index contributed by atoms with van der Waals surface area (Å²) in [6, 6.07) is 1.89. The van der Waals surface area contributed by atoms with Gasteiger partial charge in [-0.05, 0) is 33.3 Å². The Morgan fingerprint density at radius 1 is 1.44 bits per heavy atom. The summed E-state index contributed by atoms with van der Waals surface area (Å²) in [6.45, 7) is 6.43. The summed E-state index contributed by atoms with van der Waals surface area (Å²) in [5.41, 5.74) is -0.0820. The average molecular weight is 267 g/mol. The van der Waals surface area contributed by atoms with E-state index in [2.05, 4.69) is 0 Å². The van der Waals surface area contributed by atoms with Crippen LogP contribution >= 0.6 is 11.3 Å². The third-order valence-corrected chi connectivity index (χ3v) is 4.51. The molecule has 0 spiro atoms. The maximum absolute atomic E-state index is 12.3. The van der Waals surface area contributed by atoms with Gasteiger partial charge in [-0.1, -0.05) is 0 Å². The van der Waals surface area contributed by atoms with E-state index < -0.39 is 11.4 Å². The zero-order valence-electron chi connectivity index (χ0n) is 10.8. The Labute approximate surface area is 110 Å². The summed E-state index contributed by atoms with van der Waals surface area (Å²) in [5.74, 6) is -0.863. The molecule has 1 aliphatic rings. The van der Waals surface area contributed by atoms with Crippen LogP contribution < -0.4 is 0 Å². The predicted molar refractivity (Wildman–Crippen MR) is 70.1 cm³/mol. The highest BCUT2D eigenvalue weighted by Gasteiger charge is 2.42. The lowest BCUT2D eigenvalue weighted by Gasteiger charge is -2.20. The van der Waals surface area contributed by atoms with Crippen LogP contribution in [0.5, 0.6) is 0 Å². The molecule has 1 aromatic heterocycles. The number of carboxylic acids is 1. The maximum atomic E-state index is 12.3. The van der Waals surface area contributed by atoms with Crippen molar-refractivity contribution in [1.29, 1.82) is 0 Å². The normalized spacial score (nSPS) is 23.4. The number of rotatable bonds is 2. The van der Waals surface area contributed by atoms with E-state index in [1.807, 2.05) is 19.9 Å². The van der Waals surface area contributed by atoms with Crippen LogP contribution in [0.3, 0.4) is 0 Å². The van der Waals surface area contributed by atoms with Gasteiger partial charge in [0.15, 0.2) is 0 Å². The third-order valence-electron chi connectivity index (χ3n) is 3.55. The number of thiophene rings is 1. The van der Waals surface area contributed by atoms with Gasteiger partial charge in [0, 0.05) is 22.8 Å². The molecular weight excluding hydrogens is 250 g/mol. The number of carboxylic acid groups (broad SMARTS) is 1. The highest BCUT2D eigenvalue weighted by atomic mass is 32.1. The molecule has 1 saturated heterocycles. The van der Waals surface area contributed by atoms with Gasteiger partial charge in [0.2, 0.25) is 0 Å². The Morgan fingerprint density at radius 2 is 2.11 bits per heavy atom. The van der Waals surface area contributed by atoms with Crippen molar-refractivity contribution in [2.45, 2.75) is 27.2 Å². The minimum atomic E-state index is -0.823. The molecule has 0 saturated carbocycles. The number of carbonyl (C=O) groups is 2. The van der Waals surface area contributed by atoms with Gasteiger partial charge in [-0.25, -0.2) is 0 Å². The van der Waals surface area contributed by atoms with Crippen molar-refractivity contribution in [2.75, 3.05) is 13.1 Å². The third kappa shape index (κ3) is 2.14. The Hall–Kier alpha value is -1.36. The SMILES string of the molecule is Cc1cc(C(=O)N2CC[C@@](C)(C(=O)O)C2)c(C)s1. The van der Waals surface area contributed by atoms with E-state index in [1.165, 1.54) is 0 Å². The molecule has 0 aliphatic carbocycles. The Kier molecular flexibility index (Phi) is 3.19. The highest BCUT2D eigenvalue weighted by Crippen LogP contribution is 2.32. The van der Waals surface area contributed by atoms with Crippen molar-refractivity contribution in [1.82, 2.24) is 4.90 Å². The van der Waals surface area contributed by atoms with Crippen LogP contribution in [0.2, 0.25) is 0 Å². The van der Waals surface area contributed by atoms with E-state index in [0.717, 1.165) is 9.75 Å². The molecule has 18 heavy (non-hydrogen) atoms. The van der Waals surface area contributed by atoms with Gasteiger partial charge in [0.1, 0.15) is 0 Å². The number of hydrogen-bond donors (Lipinski definition) is 1. The summed E-state index contributed by atoms with van der Waals surface area (Å²) < 4.78 is 0. The van der Waals surface area contributed by atoms with Crippen LogP contribution in [-0.4, -0.2) is 35.0 Å². The fraction of sp³-hybridized carbons (Fsp3) is 0.538. The molecule has 2 rings (SSSR count). The average Bonchev–Trinajstić information content (AvgIpc) is 2.82. The standard InChI is InChI=1S/C13H17NO3S/c1-8-6-10(9(2)18-8)11(15)14-5-4-13(3,7-14)12(16)17/h6H,4-5,7H2,1-3H3,(H,16,17)/t13-/m1/s1. The van der Waals surface area contributed by atoms with Crippen molar-refractivity contribution in [3.05, 3.63) is 21.4 Å². The minimum absolute atomic E-state index is 0.0400. The van der Waals surface area contributed by atoms with Gasteiger partial charge in [-0.2, -0.15) is 0 Å². The molecule has 4 nitrogen and oxygen atoms in total.